The van der Waals surface area contributed by atoms with Crippen LogP contribution in [0.4, 0.5) is 9.59 Å². The summed E-state index contributed by atoms with van der Waals surface area (Å²) in [7, 11) is 2.73. The Kier molecular flexibility index (Phi) is 11.4. The Morgan fingerprint density at radius 1 is 0.814 bits per heavy atom. The van der Waals surface area contributed by atoms with Crippen molar-refractivity contribution in [1.82, 2.24) is 49.9 Å². The zero-order valence-electron chi connectivity index (χ0n) is 34.5. The topological polar surface area (TPSA) is 203 Å². The van der Waals surface area contributed by atoms with E-state index in [1.54, 1.807) is 28.4 Å². The number of hydrogen-bond donors (Lipinski definition) is 4. The molecule has 0 unspecified atom stereocenters. The van der Waals surface area contributed by atoms with E-state index in [0.717, 1.165) is 75.4 Å². The molecule has 0 saturated carbocycles. The van der Waals surface area contributed by atoms with Gasteiger partial charge in [-0.1, -0.05) is 65.0 Å². The van der Waals surface area contributed by atoms with E-state index in [9.17, 15) is 24.3 Å². The van der Waals surface area contributed by atoms with E-state index in [2.05, 4.69) is 25.3 Å². The van der Waals surface area contributed by atoms with Gasteiger partial charge in [-0.25, -0.2) is 24.5 Å². The molecule has 0 radical (unpaired) electrons. The number of aromatic amines is 2. The first-order chi connectivity index (χ1) is 28.1. The van der Waals surface area contributed by atoms with Gasteiger partial charge in [-0.05, 0) is 54.7 Å². The van der Waals surface area contributed by atoms with Gasteiger partial charge in [0, 0.05) is 31.3 Å². The van der Waals surface area contributed by atoms with Gasteiger partial charge in [0.05, 0.1) is 65.9 Å². The summed E-state index contributed by atoms with van der Waals surface area (Å²) in [5.41, 5.74) is 5.95. The van der Waals surface area contributed by atoms with Crippen LogP contribution in [-0.4, -0.2) is 113 Å². The molecule has 4 N–H and O–H groups in total. The molecule has 59 heavy (non-hydrogen) atoms. The van der Waals surface area contributed by atoms with Crippen molar-refractivity contribution in [2.45, 2.75) is 84.5 Å². The van der Waals surface area contributed by atoms with E-state index >= 15 is 0 Å². The summed E-state index contributed by atoms with van der Waals surface area (Å²) in [5, 5.41) is 12.3. The molecule has 16 nitrogen and oxygen atoms in total. The van der Waals surface area contributed by atoms with Crippen LogP contribution in [0.5, 0.6) is 0 Å². The molecule has 16 heteroatoms. The lowest BCUT2D eigenvalue weighted by atomic mass is 9.85. The first-order valence-corrected chi connectivity index (χ1v) is 20.0. The Labute approximate surface area is 342 Å². The van der Waals surface area contributed by atoms with Crippen molar-refractivity contribution in [2.75, 3.05) is 27.2 Å². The molecule has 5 heterocycles. The van der Waals surface area contributed by atoms with E-state index < -0.39 is 29.7 Å². The number of alkyl carbamates (subject to hydrolysis) is 1. The highest BCUT2D eigenvalue weighted by atomic mass is 16.5. The molecule has 0 aliphatic carbocycles. The zero-order valence-corrected chi connectivity index (χ0v) is 34.5. The smallest absolute Gasteiger partial charge is 0.407 e. The summed E-state index contributed by atoms with van der Waals surface area (Å²) in [6, 6.07) is 11.8. The molecule has 4 amide bonds. The van der Waals surface area contributed by atoms with Crippen LogP contribution in [0.2, 0.25) is 0 Å². The molecule has 0 spiro atoms. The molecule has 7 rings (SSSR count). The van der Waals surface area contributed by atoms with Crippen LogP contribution in [0.3, 0.4) is 0 Å². The number of carbonyl (C=O) groups excluding carboxylic acids is 3. The fourth-order valence-corrected chi connectivity index (χ4v) is 8.25. The van der Waals surface area contributed by atoms with Crippen LogP contribution in [-0.2, 0) is 14.3 Å². The Morgan fingerprint density at radius 3 is 1.93 bits per heavy atom. The fraction of sp³-hybridized carbons (Fsp3) is 0.442. The highest BCUT2D eigenvalue weighted by Crippen LogP contribution is 2.36. The van der Waals surface area contributed by atoms with Crippen molar-refractivity contribution in [3.63, 3.8) is 0 Å². The van der Waals surface area contributed by atoms with Gasteiger partial charge in [0.1, 0.15) is 23.7 Å². The number of likely N-dealkylation sites (tertiary alicyclic amines) is 2. The molecule has 2 aliphatic heterocycles. The number of carbonyl (C=O) groups is 4. The second-order valence-corrected chi connectivity index (χ2v) is 16.8. The van der Waals surface area contributed by atoms with Crippen molar-refractivity contribution in [3.8, 4) is 33.8 Å². The van der Waals surface area contributed by atoms with E-state index in [0.29, 0.717) is 24.7 Å². The van der Waals surface area contributed by atoms with Crippen molar-refractivity contribution >= 4 is 35.0 Å². The Hall–Kier alpha value is -6.32. The fourth-order valence-electron chi connectivity index (χ4n) is 8.25. The number of ether oxygens (including phenoxy) is 1. The number of likely N-dealkylation sites (N-methyl/N-ethyl adjacent to an activating group) is 1. The zero-order chi connectivity index (χ0) is 42.2. The predicted molar refractivity (Wildman–Crippen MR) is 221 cm³/mol. The minimum Gasteiger partial charge on any atom is -0.465 e. The Bertz CT molecular complexity index is 2350. The van der Waals surface area contributed by atoms with Crippen LogP contribution >= 0.6 is 0 Å². The van der Waals surface area contributed by atoms with Crippen molar-refractivity contribution in [3.05, 3.63) is 72.7 Å². The largest absolute Gasteiger partial charge is 0.465 e. The standard InChI is InChI=1S/C43H52N10O6/c1-24(2)35(51(6)42(57)58)39(54)52-18-8-10-33(52)37-45-22-31(48-37)26-14-12-25(13-15-26)30-21-44-29-20-27(16-17-28(29)47-30)32-23-46-38(49-32)34-11-9-19-53(34)40(55)36(43(3,4)5)50-41(56)59-7/h12-17,20-24,33-36H,8-11,18-19H2,1-7H3,(H,45,48)(H,46,49)(H,50,56)(H,57,58)/t33-,34-,35-,36+/m0/s1. The molecule has 310 valence electrons. The summed E-state index contributed by atoms with van der Waals surface area (Å²) >= 11 is 0. The van der Waals surface area contributed by atoms with E-state index in [-0.39, 0.29) is 29.8 Å². The first kappa shape index (κ1) is 40.9. The molecule has 0 bridgehead atoms. The van der Waals surface area contributed by atoms with E-state index in [1.807, 2.05) is 77.1 Å². The van der Waals surface area contributed by atoms with Crippen LogP contribution in [0.15, 0.2) is 61.1 Å². The molecule has 4 atom stereocenters. The molecular formula is C43H52N10O6. The van der Waals surface area contributed by atoms with Gasteiger partial charge < -0.3 is 34.9 Å². The molecule has 2 saturated heterocycles. The third kappa shape index (κ3) is 8.34. The lowest BCUT2D eigenvalue weighted by Crippen LogP contribution is -2.54. The maximum Gasteiger partial charge on any atom is 0.407 e. The average molecular weight is 805 g/mol. The molecule has 2 fully saturated rings. The van der Waals surface area contributed by atoms with Gasteiger partial charge in [-0.3, -0.25) is 19.5 Å². The maximum atomic E-state index is 13.8. The summed E-state index contributed by atoms with van der Waals surface area (Å²) in [4.78, 5) is 81.7. The minimum atomic E-state index is -1.13. The molecule has 2 aromatic carbocycles. The first-order valence-electron chi connectivity index (χ1n) is 20.0. The third-order valence-corrected chi connectivity index (χ3v) is 11.4. The number of methoxy groups -OCH3 is 1. The van der Waals surface area contributed by atoms with Crippen LogP contribution in [0.25, 0.3) is 44.8 Å². The van der Waals surface area contributed by atoms with Gasteiger partial charge >= 0.3 is 12.2 Å². The van der Waals surface area contributed by atoms with Gasteiger partial charge in [0.15, 0.2) is 0 Å². The molecule has 3 aromatic heterocycles. The van der Waals surface area contributed by atoms with Crippen molar-refractivity contribution in [2.24, 2.45) is 11.3 Å². The number of benzene rings is 2. The molecule has 2 aliphatic rings. The quantitative estimate of drug-likeness (QED) is 0.116. The van der Waals surface area contributed by atoms with Gasteiger partial charge in [-0.15, -0.1) is 0 Å². The number of aromatic nitrogens is 6. The highest BCUT2D eigenvalue weighted by molar-refractivity contribution is 5.88. The predicted octanol–water partition coefficient (Wildman–Crippen LogP) is 6.81. The van der Waals surface area contributed by atoms with Gasteiger partial charge in [0.2, 0.25) is 11.8 Å². The second-order valence-electron chi connectivity index (χ2n) is 16.8. The SMILES string of the molecule is COC(=O)N[C@H](C(=O)N1CCC[C@H]1c1ncc(-c2ccc3nc(-c4ccc(-c5cnc([C@@H]6CCCN6C(=O)[C@H](C(C)C)N(C)C(=O)O)[nH]5)cc4)cnc3c2)[nH]1)C(C)(C)C. The lowest BCUT2D eigenvalue weighted by Gasteiger charge is -2.35. The number of hydrogen-bond acceptors (Lipinski definition) is 9. The number of fused-ring (bicyclic) bond motifs is 1. The number of amides is 4. The van der Waals surface area contributed by atoms with E-state index in [4.69, 9.17) is 14.7 Å². The number of nitrogens with one attached hydrogen (secondary N) is 3. The van der Waals surface area contributed by atoms with Crippen LogP contribution < -0.4 is 5.32 Å². The average Bonchev–Trinajstić information content (AvgIpc) is 4.05. The Balaban J connectivity index is 1.03. The summed E-state index contributed by atoms with van der Waals surface area (Å²) < 4.78 is 4.80. The van der Waals surface area contributed by atoms with Crippen LogP contribution in [0.1, 0.15) is 84.0 Å². The third-order valence-electron chi connectivity index (χ3n) is 11.4. The second kappa shape index (κ2) is 16.5. The van der Waals surface area contributed by atoms with E-state index in [1.165, 1.54) is 14.2 Å². The number of imidazole rings is 2. The lowest BCUT2D eigenvalue weighted by molar-refractivity contribution is -0.138. The highest BCUT2D eigenvalue weighted by Gasteiger charge is 2.42. The number of rotatable bonds is 10. The molecular weight excluding hydrogens is 753 g/mol. The van der Waals surface area contributed by atoms with Crippen molar-refractivity contribution in [1.29, 1.82) is 0 Å². The summed E-state index contributed by atoms with van der Waals surface area (Å²) in [6.07, 6.45) is 6.62. The summed E-state index contributed by atoms with van der Waals surface area (Å²) in [5.74, 6) is 0.802. The number of H-pyrrole nitrogens is 2. The minimum absolute atomic E-state index is 0.170. The molecule has 5 aromatic rings. The number of carboxylic acid groups (broad SMARTS) is 1. The normalized spacial score (nSPS) is 18.0. The number of nitrogens with zero attached hydrogens (tertiary/aromatic N) is 7. The summed E-state index contributed by atoms with van der Waals surface area (Å²) in [6.45, 7) is 10.6. The van der Waals surface area contributed by atoms with Crippen molar-refractivity contribution < 1.29 is 29.0 Å². The maximum absolute atomic E-state index is 13.8. The monoisotopic (exact) mass is 804 g/mol. The van der Waals surface area contributed by atoms with Crippen LogP contribution in [0, 0.1) is 11.3 Å². The van der Waals surface area contributed by atoms with Gasteiger partial charge in [-0.2, -0.15) is 0 Å². The van der Waals surface area contributed by atoms with Gasteiger partial charge in [0.25, 0.3) is 0 Å². The Morgan fingerprint density at radius 2 is 1.37 bits per heavy atom.